The smallest absolute Gasteiger partial charge is 0.410 e. The van der Waals surface area contributed by atoms with Gasteiger partial charge in [0, 0.05) is 39.3 Å². The van der Waals surface area contributed by atoms with Crippen LogP contribution in [-0.4, -0.2) is 90.5 Å². The highest BCUT2D eigenvalue weighted by Gasteiger charge is 2.28. The highest BCUT2D eigenvalue weighted by atomic mass is 16.6. The average molecular weight is 363 g/mol. The van der Waals surface area contributed by atoms with Crippen molar-refractivity contribution in [1.29, 1.82) is 0 Å². The number of carboxylic acid groups (broad SMARTS) is 1. The Balaban J connectivity index is 1.38. The van der Waals surface area contributed by atoms with Gasteiger partial charge < -0.3 is 24.4 Å². The number of ether oxygens (including phenoxy) is 2. The Kier molecular flexibility index (Phi) is 6.30. The van der Waals surface area contributed by atoms with Crippen LogP contribution in [0.3, 0.4) is 0 Å². The van der Waals surface area contributed by atoms with Gasteiger partial charge in [0.25, 0.3) is 0 Å². The van der Waals surface area contributed by atoms with Crippen LogP contribution in [0, 0.1) is 0 Å². The van der Waals surface area contributed by atoms with Gasteiger partial charge in [0.2, 0.25) is 0 Å². The van der Waals surface area contributed by atoms with Gasteiger partial charge >= 0.3 is 12.2 Å². The van der Waals surface area contributed by atoms with Crippen molar-refractivity contribution < 1.29 is 24.2 Å². The molecule has 8 nitrogen and oxygen atoms in total. The monoisotopic (exact) mass is 363 g/mol. The minimum absolute atomic E-state index is 0.114. The molecule has 1 N–H and O–H groups in total. The van der Waals surface area contributed by atoms with E-state index in [0.29, 0.717) is 39.3 Å². The number of carbonyl (C=O) groups excluding carboxylic acids is 1. The number of rotatable bonds is 4. The minimum atomic E-state index is -0.899. The van der Waals surface area contributed by atoms with Crippen LogP contribution in [0.1, 0.15) is 5.56 Å². The van der Waals surface area contributed by atoms with Crippen molar-refractivity contribution in [3.05, 3.63) is 35.9 Å². The van der Waals surface area contributed by atoms with Crippen molar-refractivity contribution in [1.82, 2.24) is 14.7 Å². The van der Waals surface area contributed by atoms with Crippen LogP contribution >= 0.6 is 0 Å². The van der Waals surface area contributed by atoms with Gasteiger partial charge in [-0.1, -0.05) is 30.3 Å². The molecule has 1 aromatic rings. The zero-order valence-corrected chi connectivity index (χ0v) is 14.7. The molecule has 0 aromatic heterocycles. The molecule has 26 heavy (non-hydrogen) atoms. The second-order valence-electron chi connectivity index (χ2n) is 6.55. The van der Waals surface area contributed by atoms with E-state index in [0.717, 1.165) is 18.7 Å². The molecule has 1 atom stereocenters. The van der Waals surface area contributed by atoms with Crippen LogP contribution < -0.4 is 0 Å². The van der Waals surface area contributed by atoms with Crippen molar-refractivity contribution >= 4 is 12.2 Å². The molecule has 2 heterocycles. The lowest BCUT2D eigenvalue weighted by Crippen LogP contribution is -2.54. The molecular weight excluding hydrogens is 338 g/mol. The molecule has 1 aromatic carbocycles. The molecule has 2 fully saturated rings. The largest absolute Gasteiger partial charge is 0.465 e. The maximum atomic E-state index is 12.2. The lowest BCUT2D eigenvalue weighted by atomic mass is 10.2. The van der Waals surface area contributed by atoms with E-state index in [1.165, 1.54) is 4.90 Å². The van der Waals surface area contributed by atoms with Gasteiger partial charge in [0.1, 0.15) is 6.61 Å². The lowest BCUT2D eigenvalue weighted by molar-refractivity contribution is -0.0416. The van der Waals surface area contributed by atoms with E-state index < -0.39 is 6.09 Å². The zero-order chi connectivity index (χ0) is 18.4. The molecule has 0 unspecified atom stereocenters. The van der Waals surface area contributed by atoms with Crippen molar-refractivity contribution in [2.45, 2.75) is 12.7 Å². The number of hydrogen-bond acceptors (Lipinski definition) is 5. The molecule has 2 aliphatic heterocycles. The molecule has 3 rings (SSSR count). The molecule has 0 aliphatic carbocycles. The Bertz CT molecular complexity index is 604. The Morgan fingerprint density at radius 3 is 2.50 bits per heavy atom. The van der Waals surface area contributed by atoms with Crippen LogP contribution in [-0.2, 0) is 16.1 Å². The Hall–Kier alpha value is -2.32. The van der Waals surface area contributed by atoms with E-state index in [2.05, 4.69) is 4.90 Å². The summed E-state index contributed by atoms with van der Waals surface area (Å²) in [4.78, 5) is 28.6. The molecule has 8 heteroatoms. The highest BCUT2D eigenvalue weighted by molar-refractivity contribution is 5.67. The Labute approximate surface area is 152 Å². The zero-order valence-electron chi connectivity index (χ0n) is 14.7. The van der Waals surface area contributed by atoms with E-state index in [9.17, 15) is 9.59 Å². The van der Waals surface area contributed by atoms with Crippen LogP contribution in [0.25, 0.3) is 0 Å². The fraction of sp³-hybridized carbons (Fsp3) is 0.556. The Morgan fingerprint density at radius 2 is 1.81 bits per heavy atom. The highest BCUT2D eigenvalue weighted by Crippen LogP contribution is 2.11. The summed E-state index contributed by atoms with van der Waals surface area (Å²) >= 11 is 0. The topological polar surface area (TPSA) is 82.5 Å². The SMILES string of the molecule is O=C(O)N1CCO[C@@H](CN2CCN(C(=O)OCc3ccccc3)CC2)C1. The number of amides is 2. The van der Waals surface area contributed by atoms with E-state index in [1.807, 2.05) is 30.3 Å². The van der Waals surface area contributed by atoms with E-state index in [1.54, 1.807) is 4.90 Å². The normalized spacial score (nSPS) is 21.5. The first-order chi connectivity index (χ1) is 12.6. The molecule has 142 valence electrons. The molecule has 2 saturated heterocycles. The quantitative estimate of drug-likeness (QED) is 0.869. The standard InChI is InChI=1S/C18H25N3O5/c22-17(23)21-10-11-25-16(13-21)12-19-6-8-20(9-7-19)18(24)26-14-15-4-2-1-3-5-15/h1-5,16H,6-14H2,(H,22,23)/t16-/m0/s1. The summed E-state index contributed by atoms with van der Waals surface area (Å²) in [5.41, 5.74) is 0.969. The summed E-state index contributed by atoms with van der Waals surface area (Å²) in [6, 6.07) is 9.61. The number of nitrogens with zero attached hydrogens (tertiary/aromatic N) is 3. The summed E-state index contributed by atoms with van der Waals surface area (Å²) < 4.78 is 11.0. The molecular formula is C18H25N3O5. The summed E-state index contributed by atoms with van der Waals surface area (Å²) in [7, 11) is 0. The van der Waals surface area contributed by atoms with E-state index in [4.69, 9.17) is 14.6 Å². The van der Waals surface area contributed by atoms with Crippen LogP contribution in [0.2, 0.25) is 0 Å². The van der Waals surface area contributed by atoms with Gasteiger partial charge in [0.05, 0.1) is 19.3 Å². The molecule has 0 bridgehead atoms. The average Bonchev–Trinajstić information content (AvgIpc) is 2.68. The van der Waals surface area contributed by atoms with Crippen molar-refractivity contribution in [2.75, 3.05) is 52.4 Å². The van der Waals surface area contributed by atoms with Gasteiger partial charge in [-0.2, -0.15) is 0 Å². The predicted molar refractivity (Wildman–Crippen MR) is 94.0 cm³/mol. The third-order valence-corrected chi connectivity index (χ3v) is 4.71. The summed E-state index contributed by atoms with van der Waals surface area (Å²) in [5.74, 6) is 0. The molecule has 0 saturated carbocycles. The molecule has 2 aliphatic rings. The van der Waals surface area contributed by atoms with Gasteiger partial charge in [-0.3, -0.25) is 4.90 Å². The van der Waals surface area contributed by atoms with Gasteiger partial charge in [-0.25, -0.2) is 9.59 Å². The number of piperazine rings is 1. The number of hydrogen-bond donors (Lipinski definition) is 1. The minimum Gasteiger partial charge on any atom is -0.465 e. The first kappa shape index (κ1) is 18.5. The van der Waals surface area contributed by atoms with Crippen molar-refractivity contribution in [3.8, 4) is 0 Å². The fourth-order valence-corrected chi connectivity index (χ4v) is 3.22. The van der Waals surface area contributed by atoms with Crippen LogP contribution in [0.15, 0.2) is 30.3 Å². The third kappa shape index (κ3) is 5.09. The predicted octanol–water partition coefficient (Wildman–Crippen LogP) is 1.32. The molecule has 2 amide bonds. The summed E-state index contributed by atoms with van der Waals surface area (Å²) in [5, 5.41) is 9.09. The second-order valence-corrected chi connectivity index (χ2v) is 6.55. The van der Waals surface area contributed by atoms with Gasteiger partial charge in [0.15, 0.2) is 0 Å². The maximum Gasteiger partial charge on any atom is 0.410 e. The molecule has 0 spiro atoms. The third-order valence-electron chi connectivity index (χ3n) is 4.71. The number of benzene rings is 1. The van der Waals surface area contributed by atoms with Crippen molar-refractivity contribution in [2.24, 2.45) is 0 Å². The second kappa shape index (κ2) is 8.86. The summed E-state index contributed by atoms with van der Waals surface area (Å²) in [6.07, 6.45) is -1.31. The van der Waals surface area contributed by atoms with Crippen molar-refractivity contribution in [3.63, 3.8) is 0 Å². The fourth-order valence-electron chi connectivity index (χ4n) is 3.22. The number of morpholine rings is 1. The van der Waals surface area contributed by atoms with Crippen LogP contribution in [0.5, 0.6) is 0 Å². The summed E-state index contributed by atoms with van der Waals surface area (Å²) in [6.45, 7) is 4.87. The first-order valence-electron chi connectivity index (χ1n) is 8.89. The van der Waals surface area contributed by atoms with Gasteiger partial charge in [-0.15, -0.1) is 0 Å². The first-order valence-corrected chi connectivity index (χ1v) is 8.89. The van der Waals surface area contributed by atoms with E-state index in [-0.39, 0.29) is 18.8 Å². The maximum absolute atomic E-state index is 12.2. The Morgan fingerprint density at radius 1 is 1.08 bits per heavy atom. The molecule has 0 radical (unpaired) electrons. The van der Waals surface area contributed by atoms with Crippen LogP contribution in [0.4, 0.5) is 9.59 Å². The number of carbonyl (C=O) groups is 2. The van der Waals surface area contributed by atoms with Gasteiger partial charge in [-0.05, 0) is 5.56 Å². The van der Waals surface area contributed by atoms with E-state index >= 15 is 0 Å². The lowest BCUT2D eigenvalue weighted by Gasteiger charge is -2.38.